The zero-order valence-corrected chi connectivity index (χ0v) is 16.6. The second-order valence-electron chi connectivity index (χ2n) is 6.46. The molecule has 0 saturated carbocycles. The Kier molecular flexibility index (Phi) is 5.45. The molecule has 3 heterocycles. The van der Waals surface area contributed by atoms with E-state index < -0.39 is 5.91 Å². The van der Waals surface area contributed by atoms with Gasteiger partial charge in [-0.05, 0) is 35.5 Å². The number of morpholine rings is 1. The summed E-state index contributed by atoms with van der Waals surface area (Å²) in [5.41, 5.74) is 0.889. The topological polar surface area (TPSA) is 108 Å². The summed E-state index contributed by atoms with van der Waals surface area (Å²) in [5, 5.41) is 14.9. The third kappa shape index (κ3) is 4.08. The molecular formula is C19H19N5O4S. The maximum absolute atomic E-state index is 12.4. The van der Waals surface area contributed by atoms with Gasteiger partial charge in [-0.15, -0.1) is 0 Å². The molecule has 3 aliphatic rings. The van der Waals surface area contributed by atoms with Crippen molar-refractivity contribution in [1.29, 1.82) is 5.41 Å². The van der Waals surface area contributed by atoms with E-state index in [9.17, 15) is 9.59 Å². The van der Waals surface area contributed by atoms with Gasteiger partial charge < -0.3 is 14.4 Å². The van der Waals surface area contributed by atoms with Crippen LogP contribution in [0.1, 0.15) is 12.0 Å². The molecule has 150 valence electrons. The summed E-state index contributed by atoms with van der Waals surface area (Å²) in [4.78, 5) is 30.7. The molecule has 1 fully saturated rings. The predicted octanol–water partition coefficient (Wildman–Crippen LogP) is 1.56. The van der Waals surface area contributed by atoms with E-state index in [-0.39, 0.29) is 23.7 Å². The molecule has 2 amide bonds. The summed E-state index contributed by atoms with van der Waals surface area (Å²) >= 11 is 1.15. The molecule has 0 radical (unpaired) electrons. The second-order valence-corrected chi connectivity index (χ2v) is 7.50. The van der Waals surface area contributed by atoms with Gasteiger partial charge in [-0.2, -0.15) is 15.1 Å². The summed E-state index contributed by atoms with van der Waals surface area (Å²) in [6, 6.07) is 7.13. The van der Waals surface area contributed by atoms with Crippen molar-refractivity contribution in [3.63, 3.8) is 0 Å². The molecule has 1 aromatic rings. The normalized spacial score (nSPS) is 20.5. The third-order valence-corrected chi connectivity index (χ3v) is 5.50. The van der Waals surface area contributed by atoms with Crippen LogP contribution in [0.2, 0.25) is 0 Å². The van der Waals surface area contributed by atoms with Gasteiger partial charge in [-0.1, -0.05) is 12.1 Å². The minimum Gasteiger partial charge on any atom is -0.497 e. The molecule has 0 atom stereocenters. The van der Waals surface area contributed by atoms with Gasteiger partial charge in [0.1, 0.15) is 10.8 Å². The first-order valence-corrected chi connectivity index (χ1v) is 9.85. The first-order valence-electron chi connectivity index (χ1n) is 9.04. The van der Waals surface area contributed by atoms with Crippen molar-refractivity contribution in [3.8, 4) is 5.75 Å². The van der Waals surface area contributed by atoms with Crippen molar-refractivity contribution in [1.82, 2.24) is 9.91 Å². The van der Waals surface area contributed by atoms with Crippen LogP contribution in [0, 0.1) is 5.41 Å². The van der Waals surface area contributed by atoms with Crippen LogP contribution < -0.4 is 4.74 Å². The van der Waals surface area contributed by atoms with Crippen LogP contribution in [0.5, 0.6) is 5.75 Å². The quantitative estimate of drug-likeness (QED) is 0.751. The lowest BCUT2D eigenvalue weighted by Gasteiger charge is -2.26. The summed E-state index contributed by atoms with van der Waals surface area (Å²) in [7, 11) is 1.58. The summed E-state index contributed by atoms with van der Waals surface area (Å²) in [5.74, 6) is 0.0946. The standard InChI is InChI=1S/C19H19N5O4S/c1-27-13-4-2-12(3-5-13)10-14-17(20)24-19(21-18(14)26)29-15(22-24)11-16(25)23-6-8-28-9-7-23/h2-5,10,20H,6-9,11H2,1H3. The van der Waals surface area contributed by atoms with Crippen LogP contribution in [0.3, 0.4) is 0 Å². The smallest absolute Gasteiger partial charge is 0.283 e. The number of carbonyl (C=O) groups excluding carboxylic acids is 2. The van der Waals surface area contributed by atoms with Crippen LogP contribution in [0.25, 0.3) is 6.08 Å². The number of methoxy groups -OCH3 is 1. The number of rotatable bonds is 4. The van der Waals surface area contributed by atoms with Gasteiger partial charge in [-0.25, -0.2) is 0 Å². The molecule has 0 aromatic heterocycles. The molecule has 0 aliphatic carbocycles. The van der Waals surface area contributed by atoms with Crippen molar-refractivity contribution >= 4 is 45.7 Å². The molecule has 1 saturated heterocycles. The number of carbonyl (C=O) groups is 2. The van der Waals surface area contributed by atoms with Crippen LogP contribution in [-0.2, 0) is 14.3 Å². The minimum atomic E-state index is -0.500. The lowest BCUT2D eigenvalue weighted by atomic mass is 10.1. The lowest BCUT2D eigenvalue weighted by molar-refractivity contribution is -0.133. The van der Waals surface area contributed by atoms with Gasteiger partial charge in [0.2, 0.25) is 11.1 Å². The number of amidine groups is 2. The van der Waals surface area contributed by atoms with Crippen molar-refractivity contribution in [3.05, 3.63) is 35.4 Å². The van der Waals surface area contributed by atoms with Gasteiger partial charge in [0.25, 0.3) is 5.91 Å². The van der Waals surface area contributed by atoms with Gasteiger partial charge >= 0.3 is 0 Å². The molecular weight excluding hydrogens is 394 g/mol. The Morgan fingerprint density at radius 3 is 2.72 bits per heavy atom. The number of nitrogens with one attached hydrogen (secondary N) is 1. The fraction of sp³-hybridized carbons (Fsp3) is 0.316. The molecule has 3 aliphatic heterocycles. The average molecular weight is 413 g/mol. The molecule has 4 rings (SSSR count). The number of aliphatic imine (C=N–C) groups is 1. The number of fused-ring (bicyclic) bond motifs is 1. The second kappa shape index (κ2) is 8.18. The number of hydrogen-bond acceptors (Lipinski definition) is 7. The van der Waals surface area contributed by atoms with Crippen LogP contribution in [-0.4, -0.2) is 71.2 Å². The molecule has 1 N–H and O–H groups in total. The summed E-state index contributed by atoms with van der Waals surface area (Å²) < 4.78 is 10.4. The van der Waals surface area contributed by atoms with Crippen molar-refractivity contribution in [2.24, 2.45) is 10.1 Å². The predicted molar refractivity (Wildman–Crippen MR) is 110 cm³/mol. The van der Waals surface area contributed by atoms with Gasteiger partial charge in [0, 0.05) is 13.1 Å². The number of nitrogens with zero attached hydrogens (tertiary/aromatic N) is 4. The zero-order valence-electron chi connectivity index (χ0n) is 15.8. The maximum atomic E-state index is 12.4. The average Bonchev–Trinajstić information content (AvgIpc) is 3.14. The van der Waals surface area contributed by atoms with Crippen LogP contribution in [0.15, 0.2) is 39.9 Å². The Morgan fingerprint density at radius 2 is 2.03 bits per heavy atom. The first kappa shape index (κ1) is 19.3. The minimum absolute atomic E-state index is 0.0492. The Morgan fingerprint density at radius 1 is 1.31 bits per heavy atom. The molecule has 0 unspecified atom stereocenters. The highest BCUT2D eigenvalue weighted by Gasteiger charge is 2.36. The Bertz CT molecular complexity index is 948. The monoisotopic (exact) mass is 413 g/mol. The third-order valence-electron chi connectivity index (χ3n) is 4.59. The van der Waals surface area contributed by atoms with Crippen LogP contribution in [0.4, 0.5) is 0 Å². The van der Waals surface area contributed by atoms with E-state index in [1.165, 1.54) is 5.01 Å². The highest BCUT2D eigenvalue weighted by molar-refractivity contribution is 8.27. The van der Waals surface area contributed by atoms with E-state index in [0.717, 1.165) is 17.3 Å². The fourth-order valence-electron chi connectivity index (χ4n) is 3.02. The van der Waals surface area contributed by atoms with E-state index in [1.54, 1.807) is 42.4 Å². The number of ether oxygens (including phenoxy) is 2. The van der Waals surface area contributed by atoms with Crippen molar-refractivity contribution < 1.29 is 19.1 Å². The Labute approximate surface area is 171 Å². The molecule has 29 heavy (non-hydrogen) atoms. The van der Waals surface area contributed by atoms with Gasteiger partial charge in [0.05, 0.1) is 32.3 Å². The van der Waals surface area contributed by atoms with Crippen molar-refractivity contribution in [2.45, 2.75) is 6.42 Å². The molecule has 1 aromatic carbocycles. The Balaban J connectivity index is 1.50. The van der Waals surface area contributed by atoms with Crippen molar-refractivity contribution in [2.75, 3.05) is 33.4 Å². The zero-order chi connectivity index (χ0) is 20.4. The summed E-state index contributed by atoms with van der Waals surface area (Å²) in [6.45, 7) is 2.18. The molecule has 9 nitrogen and oxygen atoms in total. The van der Waals surface area contributed by atoms with E-state index in [4.69, 9.17) is 14.9 Å². The van der Waals surface area contributed by atoms with Gasteiger partial charge in [-0.3, -0.25) is 15.0 Å². The first-order chi connectivity index (χ1) is 14.0. The fourth-order valence-corrected chi connectivity index (χ4v) is 3.90. The van der Waals surface area contributed by atoms with E-state index in [1.807, 2.05) is 0 Å². The van der Waals surface area contributed by atoms with E-state index in [0.29, 0.717) is 42.3 Å². The number of benzene rings is 1. The maximum Gasteiger partial charge on any atom is 0.283 e. The largest absolute Gasteiger partial charge is 0.497 e. The molecule has 0 spiro atoms. The highest BCUT2D eigenvalue weighted by atomic mass is 32.2. The Hall–Kier alpha value is -2.98. The van der Waals surface area contributed by atoms with Gasteiger partial charge in [0.15, 0.2) is 5.84 Å². The lowest BCUT2D eigenvalue weighted by Crippen LogP contribution is -2.41. The van der Waals surface area contributed by atoms with E-state index >= 15 is 0 Å². The molecule has 0 bridgehead atoms. The highest BCUT2D eigenvalue weighted by Crippen LogP contribution is 2.29. The number of thioether (sulfide) groups is 1. The van der Waals surface area contributed by atoms with E-state index in [2.05, 4.69) is 10.1 Å². The number of hydrazone groups is 1. The number of amides is 2. The number of hydrogen-bond donors (Lipinski definition) is 1. The molecule has 10 heteroatoms. The van der Waals surface area contributed by atoms with Crippen LogP contribution >= 0.6 is 11.8 Å². The summed E-state index contributed by atoms with van der Waals surface area (Å²) in [6.07, 6.45) is 1.71. The SMILES string of the molecule is COc1ccc(C=C2C(=N)N3N=C(CC(=O)N4CCOCC4)SC3=NC2=O)cc1.